The number of hydrogen-bond acceptors (Lipinski definition) is 7. The van der Waals surface area contributed by atoms with Crippen LogP contribution in [0.25, 0.3) is 22.5 Å². The predicted octanol–water partition coefficient (Wildman–Crippen LogP) is 6.15. The van der Waals surface area contributed by atoms with Crippen molar-refractivity contribution in [3.05, 3.63) is 81.1 Å². The Morgan fingerprint density at radius 2 is 1.82 bits per heavy atom. The molecule has 0 aliphatic rings. The van der Waals surface area contributed by atoms with E-state index in [0.717, 1.165) is 5.56 Å². The van der Waals surface area contributed by atoms with Crippen LogP contribution in [-0.2, 0) is 6.54 Å². The van der Waals surface area contributed by atoms with Gasteiger partial charge in [0.25, 0.3) is 0 Å². The van der Waals surface area contributed by atoms with E-state index in [0.29, 0.717) is 27.8 Å². The molecular formula is C22H11Cl3N6O2. The van der Waals surface area contributed by atoms with Crippen molar-refractivity contribution >= 4 is 45.8 Å². The summed E-state index contributed by atoms with van der Waals surface area (Å²) < 4.78 is 13.3. The van der Waals surface area contributed by atoms with Crippen molar-refractivity contribution in [1.29, 1.82) is 5.26 Å². The van der Waals surface area contributed by atoms with Crippen molar-refractivity contribution in [3.8, 4) is 29.0 Å². The Bertz CT molecular complexity index is 1520. The molecule has 33 heavy (non-hydrogen) atoms. The van der Waals surface area contributed by atoms with Crippen LogP contribution < -0.4 is 4.74 Å². The van der Waals surface area contributed by atoms with Crippen molar-refractivity contribution in [2.24, 2.45) is 0 Å². The highest BCUT2D eigenvalue weighted by Crippen LogP contribution is 2.40. The number of rotatable bonds is 5. The lowest BCUT2D eigenvalue weighted by molar-refractivity contribution is 0.474. The first kappa shape index (κ1) is 21.2. The zero-order valence-corrected chi connectivity index (χ0v) is 18.8. The molecule has 5 aromatic rings. The number of halogens is 3. The minimum atomic E-state index is 0.113. The summed E-state index contributed by atoms with van der Waals surface area (Å²) in [7, 11) is 0. The fourth-order valence-corrected chi connectivity index (χ4v) is 3.76. The maximum absolute atomic E-state index is 9.26. The van der Waals surface area contributed by atoms with Crippen LogP contribution in [0, 0.1) is 11.3 Å². The Balaban J connectivity index is 1.49. The maximum Gasteiger partial charge on any atom is 0.247 e. The second-order valence-corrected chi connectivity index (χ2v) is 8.06. The van der Waals surface area contributed by atoms with Gasteiger partial charge in [-0.1, -0.05) is 58.2 Å². The van der Waals surface area contributed by atoms with Crippen LogP contribution in [-0.4, -0.2) is 25.2 Å². The molecule has 3 aromatic carbocycles. The molecule has 0 N–H and O–H groups in total. The van der Waals surface area contributed by atoms with Gasteiger partial charge in [0.2, 0.25) is 11.8 Å². The normalized spacial score (nSPS) is 11.0. The molecule has 2 aromatic heterocycles. The number of ether oxygens (including phenoxy) is 1. The van der Waals surface area contributed by atoms with Gasteiger partial charge in [0, 0.05) is 16.7 Å². The Morgan fingerprint density at radius 1 is 1.00 bits per heavy atom. The molecular weight excluding hydrogens is 487 g/mol. The minimum absolute atomic E-state index is 0.113. The van der Waals surface area contributed by atoms with E-state index in [9.17, 15) is 5.26 Å². The first-order valence-corrected chi connectivity index (χ1v) is 10.6. The molecule has 0 aliphatic carbocycles. The van der Waals surface area contributed by atoms with E-state index in [1.807, 2.05) is 36.4 Å². The largest absolute Gasteiger partial charge is 0.452 e. The lowest BCUT2D eigenvalue weighted by Crippen LogP contribution is -2.02. The molecule has 5 rings (SSSR count). The Hall–Kier alpha value is -3.64. The van der Waals surface area contributed by atoms with E-state index in [1.165, 1.54) is 12.1 Å². The molecule has 0 saturated carbocycles. The van der Waals surface area contributed by atoms with Gasteiger partial charge in [-0.2, -0.15) is 5.26 Å². The molecule has 162 valence electrons. The van der Waals surface area contributed by atoms with E-state index in [-0.39, 0.29) is 33.7 Å². The Labute approximate surface area is 201 Å². The molecule has 0 aliphatic heterocycles. The van der Waals surface area contributed by atoms with Crippen molar-refractivity contribution in [2.75, 3.05) is 0 Å². The topological polar surface area (TPSA) is 103 Å². The molecule has 2 heterocycles. The smallest absolute Gasteiger partial charge is 0.247 e. The van der Waals surface area contributed by atoms with Crippen LogP contribution in [0.5, 0.6) is 11.5 Å². The first-order valence-electron chi connectivity index (χ1n) is 9.50. The predicted molar refractivity (Wildman–Crippen MR) is 123 cm³/mol. The Morgan fingerprint density at radius 3 is 2.61 bits per heavy atom. The lowest BCUT2D eigenvalue weighted by atomic mass is 10.2. The zero-order chi connectivity index (χ0) is 22.9. The summed E-state index contributed by atoms with van der Waals surface area (Å²) in [5, 5.41) is 26.5. The van der Waals surface area contributed by atoms with Gasteiger partial charge >= 0.3 is 0 Å². The highest BCUT2D eigenvalue weighted by molar-refractivity contribution is 6.35. The monoisotopic (exact) mass is 496 g/mol. The highest BCUT2D eigenvalue weighted by Gasteiger charge is 2.19. The van der Waals surface area contributed by atoms with Gasteiger partial charge in [0.15, 0.2) is 11.3 Å². The van der Waals surface area contributed by atoms with Crippen LogP contribution >= 0.6 is 34.8 Å². The molecule has 0 fully saturated rings. The van der Waals surface area contributed by atoms with Gasteiger partial charge in [-0.05, 0) is 30.3 Å². The van der Waals surface area contributed by atoms with E-state index in [4.69, 9.17) is 44.0 Å². The van der Waals surface area contributed by atoms with Crippen LogP contribution in [0.2, 0.25) is 15.1 Å². The first-order chi connectivity index (χ1) is 16.0. The second-order valence-electron chi connectivity index (χ2n) is 6.84. The second kappa shape index (κ2) is 8.71. The molecule has 0 amide bonds. The fourth-order valence-electron chi connectivity index (χ4n) is 3.17. The molecule has 0 unspecified atom stereocenters. The third kappa shape index (κ3) is 4.10. The summed E-state index contributed by atoms with van der Waals surface area (Å²) in [6.45, 7) is 0.188. The van der Waals surface area contributed by atoms with Crippen molar-refractivity contribution in [2.45, 2.75) is 6.54 Å². The number of hydrogen-bond donors (Lipinski definition) is 0. The summed E-state index contributed by atoms with van der Waals surface area (Å²) in [5.41, 5.74) is 2.00. The maximum atomic E-state index is 9.26. The fraction of sp³-hybridized carbons (Fsp3) is 0.0455. The average Bonchev–Trinajstić information content (AvgIpc) is 3.46. The van der Waals surface area contributed by atoms with Crippen LogP contribution in [0.1, 0.15) is 11.5 Å². The van der Waals surface area contributed by atoms with Crippen molar-refractivity contribution in [1.82, 2.24) is 25.2 Å². The molecule has 0 saturated heterocycles. The van der Waals surface area contributed by atoms with Gasteiger partial charge in [0.05, 0.1) is 16.1 Å². The van der Waals surface area contributed by atoms with E-state index < -0.39 is 0 Å². The van der Waals surface area contributed by atoms with Gasteiger partial charge in [-0.25, -0.2) is 4.68 Å². The Kier molecular flexibility index (Phi) is 5.60. The standard InChI is InChI=1S/C22H11Cl3N6O2/c23-14-8-13(10-26)19(25)17(9-14)32-21-15(24)6-7-16-20(21)28-30-31(16)11-18-27-29-22(33-18)12-4-2-1-3-5-12/h1-9H,11H2. The lowest BCUT2D eigenvalue weighted by Gasteiger charge is -2.11. The van der Waals surface area contributed by atoms with Crippen molar-refractivity contribution < 1.29 is 9.15 Å². The van der Waals surface area contributed by atoms with E-state index >= 15 is 0 Å². The number of nitriles is 1. The third-order valence-corrected chi connectivity index (χ3v) is 5.61. The van der Waals surface area contributed by atoms with Crippen molar-refractivity contribution in [3.63, 3.8) is 0 Å². The summed E-state index contributed by atoms with van der Waals surface area (Å²) in [6.07, 6.45) is 0. The quantitative estimate of drug-likeness (QED) is 0.287. The van der Waals surface area contributed by atoms with Crippen LogP contribution in [0.15, 0.2) is 59.0 Å². The summed E-state index contributed by atoms with van der Waals surface area (Å²) in [6, 6.07) is 17.8. The number of benzene rings is 3. The van der Waals surface area contributed by atoms with Gasteiger partial charge in [-0.3, -0.25) is 0 Å². The molecule has 0 bridgehead atoms. The van der Waals surface area contributed by atoms with Crippen LogP contribution in [0.4, 0.5) is 0 Å². The summed E-state index contributed by atoms with van der Waals surface area (Å²) in [4.78, 5) is 0. The average molecular weight is 498 g/mol. The van der Waals surface area contributed by atoms with Crippen LogP contribution in [0.3, 0.4) is 0 Å². The molecule has 8 nitrogen and oxygen atoms in total. The molecule has 0 spiro atoms. The minimum Gasteiger partial charge on any atom is -0.452 e. The van der Waals surface area contributed by atoms with Gasteiger partial charge in [-0.15, -0.1) is 15.3 Å². The summed E-state index contributed by atoms with van der Waals surface area (Å²) >= 11 is 18.7. The van der Waals surface area contributed by atoms with E-state index in [1.54, 1.807) is 16.8 Å². The summed E-state index contributed by atoms with van der Waals surface area (Å²) in [5.74, 6) is 1.17. The number of nitrogens with zero attached hydrogens (tertiary/aromatic N) is 6. The molecule has 0 radical (unpaired) electrons. The van der Waals surface area contributed by atoms with Gasteiger partial charge < -0.3 is 9.15 Å². The van der Waals surface area contributed by atoms with E-state index in [2.05, 4.69) is 20.5 Å². The number of aromatic nitrogens is 5. The molecule has 0 atom stereocenters. The molecule has 11 heteroatoms. The van der Waals surface area contributed by atoms with Gasteiger partial charge in [0.1, 0.15) is 23.4 Å². The number of fused-ring (bicyclic) bond motifs is 1. The SMILES string of the molecule is N#Cc1cc(Cl)cc(Oc2c(Cl)ccc3c2nnn3Cc2nnc(-c3ccccc3)o2)c1Cl. The zero-order valence-electron chi connectivity index (χ0n) is 16.5. The third-order valence-electron chi connectivity index (χ3n) is 4.70. The highest BCUT2D eigenvalue weighted by atomic mass is 35.5.